The summed E-state index contributed by atoms with van der Waals surface area (Å²) in [6.45, 7) is 11.3. The highest BCUT2D eigenvalue weighted by Crippen LogP contribution is 2.19. The van der Waals surface area contributed by atoms with Gasteiger partial charge in [-0.3, -0.25) is 0 Å². The lowest BCUT2D eigenvalue weighted by atomic mass is 9.99. The normalized spacial score (nSPS) is 22.6. The van der Waals surface area contributed by atoms with Gasteiger partial charge in [0.25, 0.3) is 10.2 Å². The van der Waals surface area contributed by atoms with Crippen LogP contribution in [-0.2, 0) is 10.2 Å². The molecule has 2 unspecified atom stereocenters. The zero-order valence-electron chi connectivity index (χ0n) is 14.1. The van der Waals surface area contributed by atoms with E-state index in [9.17, 15) is 8.42 Å². The largest absolute Gasteiger partial charge is 0.315 e. The van der Waals surface area contributed by atoms with E-state index in [-0.39, 0.29) is 6.04 Å². The standard InChI is InChI=1S/C15H33N3O2S/c1-5-9-16-12-15-8-6-7-10-18(15)21(19,20)17-11-14(4)13(2)3/h13-17H,5-12H2,1-4H3. The molecule has 0 radical (unpaired) electrons. The summed E-state index contributed by atoms with van der Waals surface area (Å²) in [4.78, 5) is 0. The van der Waals surface area contributed by atoms with Crippen LogP contribution in [0.15, 0.2) is 0 Å². The fourth-order valence-corrected chi connectivity index (χ4v) is 4.08. The average Bonchev–Trinajstić information content (AvgIpc) is 2.45. The van der Waals surface area contributed by atoms with Crippen molar-refractivity contribution in [3.05, 3.63) is 0 Å². The summed E-state index contributed by atoms with van der Waals surface area (Å²) in [6.07, 6.45) is 4.11. The second-order valence-corrected chi connectivity index (χ2v) is 8.25. The van der Waals surface area contributed by atoms with Gasteiger partial charge >= 0.3 is 0 Å². The van der Waals surface area contributed by atoms with Crippen LogP contribution in [0.2, 0.25) is 0 Å². The second-order valence-electron chi connectivity index (χ2n) is 6.54. The Morgan fingerprint density at radius 3 is 2.57 bits per heavy atom. The highest BCUT2D eigenvalue weighted by atomic mass is 32.2. The predicted octanol–water partition coefficient (Wildman–Crippen LogP) is 1.97. The van der Waals surface area contributed by atoms with Crippen LogP contribution in [0.4, 0.5) is 0 Å². The Balaban J connectivity index is 2.59. The van der Waals surface area contributed by atoms with E-state index in [1.54, 1.807) is 4.31 Å². The van der Waals surface area contributed by atoms with Crippen molar-refractivity contribution in [3.63, 3.8) is 0 Å². The Kier molecular flexibility index (Phi) is 8.16. The first-order valence-corrected chi connectivity index (χ1v) is 9.79. The zero-order chi connectivity index (χ0) is 15.9. The minimum Gasteiger partial charge on any atom is -0.315 e. The van der Waals surface area contributed by atoms with Gasteiger partial charge in [-0.25, -0.2) is 4.72 Å². The fourth-order valence-electron chi connectivity index (χ4n) is 2.50. The van der Waals surface area contributed by atoms with Crippen LogP contribution < -0.4 is 10.0 Å². The smallest absolute Gasteiger partial charge is 0.279 e. The van der Waals surface area contributed by atoms with E-state index in [0.29, 0.717) is 24.9 Å². The molecule has 0 aliphatic carbocycles. The topological polar surface area (TPSA) is 61.4 Å². The van der Waals surface area contributed by atoms with Gasteiger partial charge in [0, 0.05) is 25.7 Å². The third-order valence-electron chi connectivity index (χ3n) is 4.41. The molecular weight excluding hydrogens is 286 g/mol. The van der Waals surface area contributed by atoms with Gasteiger partial charge in [0.1, 0.15) is 0 Å². The molecule has 0 aromatic carbocycles. The van der Waals surface area contributed by atoms with Crippen molar-refractivity contribution >= 4 is 10.2 Å². The third kappa shape index (κ3) is 6.22. The monoisotopic (exact) mass is 319 g/mol. The van der Waals surface area contributed by atoms with Crippen LogP contribution in [0.5, 0.6) is 0 Å². The number of hydrogen-bond donors (Lipinski definition) is 2. The summed E-state index contributed by atoms with van der Waals surface area (Å²) in [6, 6.07) is 0.0946. The maximum Gasteiger partial charge on any atom is 0.279 e. The van der Waals surface area contributed by atoms with Crippen LogP contribution in [0, 0.1) is 11.8 Å². The minimum absolute atomic E-state index is 0.0946. The van der Waals surface area contributed by atoms with Crippen LogP contribution in [0.3, 0.4) is 0 Å². The number of piperidine rings is 1. The van der Waals surface area contributed by atoms with Crippen molar-refractivity contribution < 1.29 is 8.42 Å². The van der Waals surface area contributed by atoms with Gasteiger partial charge in [0.05, 0.1) is 0 Å². The molecule has 2 N–H and O–H groups in total. The van der Waals surface area contributed by atoms with Crippen molar-refractivity contribution in [1.29, 1.82) is 0 Å². The van der Waals surface area contributed by atoms with Gasteiger partial charge in [-0.05, 0) is 37.6 Å². The Morgan fingerprint density at radius 1 is 1.24 bits per heavy atom. The van der Waals surface area contributed by atoms with Crippen LogP contribution in [0.25, 0.3) is 0 Å². The minimum atomic E-state index is -3.35. The SMILES string of the molecule is CCCNCC1CCCCN1S(=O)(=O)NCC(C)C(C)C. The first-order chi connectivity index (χ1) is 9.88. The molecule has 5 nitrogen and oxygen atoms in total. The maximum absolute atomic E-state index is 12.5. The first-order valence-electron chi connectivity index (χ1n) is 8.35. The van der Waals surface area contributed by atoms with Gasteiger partial charge in [0.15, 0.2) is 0 Å². The molecule has 0 aromatic rings. The first kappa shape index (κ1) is 18.9. The average molecular weight is 320 g/mol. The lowest BCUT2D eigenvalue weighted by molar-refractivity contribution is 0.242. The van der Waals surface area contributed by atoms with E-state index >= 15 is 0 Å². The molecule has 21 heavy (non-hydrogen) atoms. The molecule has 1 aliphatic heterocycles. The van der Waals surface area contributed by atoms with E-state index in [2.05, 4.69) is 37.7 Å². The fraction of sp³-hybridized carbons (Fsp3) is 1.00. The van der Waals surface area contributed by atoms with Crippen LogP contribution in [0.1, 0.15) is 53.4 Å². The third-order valence-corrected chi connectivity index (χ3v) is 6.04. The molecule has 1 heterocycles. The van der Waals surface area contributed by atoms with Gasteiger partial charge < -0.3 is 5.32 Å². The molecule has 0 saturated carbocycles. The molecule has 0 amide bonds. The highest BCUT2D eigenvalue weighted by Gasteiger charge is 2.32. The summed E-state index contributed by atoms with van der Waals surface area (Å²) < 4.78 is 29.6. The van der Waals surface area contributed by atoms with Crippen molar-refractivity contribution in [3.8, 4) is 0 Å². The molecule has 1 aliphatic rings. The summed E-state index contributed by atoms with van der Waals surface area (Å²) in [5.41, 5.74) is 0. The van der Waals surface area contributed by atoms with Gasteiger partial charge in [-0.1, -0.05) is 34.1 Å². The van der Waals surface area contributed by atoms with Crippen molar-refractivity contribution in [1.82, 2.24) is 14.3 Å². The maximum atomic E-state index is 12.5. The van der Waals surface area contributed by atoms with Crippen molar-refractivity contribution in [2.24, 2.45) is 11.8 Å². The Labute approximate surface area is 131 Å². The molecule has 6 heteroatoms. The Bertz CT molecular complexity index is 384. The predicted molar refractivity (Wildman–Crippen MR) is 88.4 cm³/mol. The van der Waals surface area contributed by atoms with E-state index in [1.165, 1.54) is 0 Å². The van der Waals surface area contributed by atoms with E-state index in [1.807, 2.05) is 0 Å². The molecule has 1 saturated heterocycles. The second kappa shape index (κ2) is 9.08. The Hall–Kier alpha value is -0.170. The summed E-state index contributed by atoms with van der Waals surface area (Å²) >= 11 is 0. The van der Waals surface area contributed by atoms with Crippen LogP contribution in [-0.4, -0.2) is 44.9 Å². The summed E-state index contributed by atoms with van der Waals surface area (Å²) in [5, 5.41) is 3.36. The van der Waals surface area contributed by atoms with E-state index < -0.39 is 10.2 Å². The molecule has 0 spiro atoms. The highest BCUT2D eigenvalue weighted by molar-refractivity contribution is 7.87. The van der Waals surface area contributed by atoms with E-state index in [4.69, 9.17) is 0 Å². The summed E-state index contributed by atoms with van der Waals surface area (Å²) in [5.74, 6) is 0.831. The summed E-state index contributed by atoms with van der Waals surface area (Å²) in [7, 11) is -3.35. The number of nitrogens with zero attached hydrogens (tertiary/aromatic N) is 1. The molecule has 0 aromatic heterocycles. The van der Waals surface area contributed by atoms with Crippen LogP contribution >= 0.6 is 0 Å². The quantitative estimate of drug-likeness (QED) is 0.639. The number of nitrogens with one attached hydrogen (secondary N) is 2. The molecule has 2 atom stereocenters. The van der Waals surface area contributed by atoms with E-state index in [0.717, 1.165) is 38.8 Å². The molecular formula is C15H33N3O2S. The lowest BCUT2D eigenvalue weighted by Crippen LogP contribution is -2.53. The van der Waals surface area contributed by atoms with Crippen molar-refractivity contribution in [2.75, 3.05) is 26.2 Å². The molecule has 1 rings (SSSR count). The van der Waals surface area contributed by atoms with Gasteiger partial charge in [-0.15, -0.1) is 0 Å². The Morgan fingerprint density at radius 2 is 1.95 bits per heavy atom. The molecule has 126 valence electrons. The number of hydrogen-bond acceptors (Lipinski definition) is 3. The lowest BCUT2D eigenvalue weighted by Gasteiger charge is -2.35. The van der Waals surface area contributed by atoms with Gasteiger partial charge in [0.2, 0.25) is 0 Å². The molecule has 1 fully saturated rings. The van der Waals surface area contributed by atoms with Gasteiger partial charge in [-0.2, -0.15) is 12.7 Å². The molecule has 0 bridgehead atoms. The van der Waals surface area contributed by atoms with Crippen molar-refractivity contribution in [2.45, 2.75) is 59.4 Å². The number of rotatable bonds is 9. The zero-order valence-corrected chi connectivity index (χ0v) is 14.9.